The molecule has 6 heterocycles. The Hall–Kier alpha value is -15.7. The lowest BCUT2D eigenvalue weighted by Crippen LogP contribution is -2.05. The number of fused-ring (bicyclic) bond motifs is 14. The molecule has 0 saturated heterocycles. The molecule has 9 nitrogen and oxygen atoms in total. The van der Waals surface area contributed by atoms with Gasteiger partial charge in [0, 0.05) is 0 Å². The normalized spacial score (nSPS) is 12.2. The topological polar surface area (TPSA) is 81.1 Å². The van der Waals surface area contributed by atoms with Gasteiger partial charge in [0.05, 0.1) is 33.6 Å². The zero-order valence-electron chi connectivity index (χ0n) is 65.1. The van der Waals surface area contributed by atoms with E-state index in [0.717, 1.165) is 119 Å². The lowest BCUT2D eigenvalue weighted by molar-refractivity contribution is 0.475. The van der Waals surface area contributed by atoms with Gasteiger partial charge in [0.2, 0.25) is 0 Å². The van der Waals surface area contributed by atoms with Crippen LogP contribution >= 0.6 is 0 Å². The minimum Gasteiger partial charge on any atom is -0.453 e. The summed E-state index contributed by atoms with van der Waals surface area (Å²) in [5.41, 5.74) is 23.6. The van der Waals surface area contributed by atoms with Crippen molar-refractivity contribution >= 4 is 119 Å². The molecule has 0 bridgehead atoms. The Morgan fingerprint density at radius 2 is 0.471 bits per heavy atom. The molecule has 3 aromatic heterocycles. The van der Waals surface area contributed by atoms with Crippen molar-refractivity contribution in [3.05, 3.63) is 388 Å². The maximum atomic E-state index is 6.53. The van der Waals surface area contributed by atoms with Crippen molar-refractivity contribution in [1.82, 2.24) is 28.7 Å². The monoisotopic (exact) mass is 1520 g/mol. The van der Waals surface area contributed by atoms with Crippen LogP contribution in [0.15, 0.2) is 370 Å². The zero-order chi connectivity index (χ0) is 78.7. The number of ether oxygens (including phenoxy) is 3. The second kappa shape index (κ2) is 26.7. The van der Waals surface area contributed by atoms with Crippen molar-refractivity contribution in [2.75, 3.05) is 0 Å². The molecule has 3 aliphatic rings. The molecular formula is C110H70N6O3. The number of nitrogens with zero attached hydrogens (tertiary/aromatic N) is 6. The number of aryl methyl sites for hydroxylation is 3. The molecule has 0 saturated carbocycles. The Bertz CT molecular complexity index is 8090. The fraction of sp³-hybridized carbons (Fsp3) is 0.0273. The predicted molar refractivity (Wildman–Crippen MR) is 490 cm³/mol. The molecule has 26 rings (SSSR count). The van der Waals surface area contributed by atoms with Crippen LogP contribution in [-0.4, -0.2) is 28.7 Å². The van der Waals surface area contributed by atoms with Crippen molar-refractivity contribution in [2.45, 2.75) is 20.8 Å². The smallest absolute Gasteiger partial charge is 0.153 e. The number of hydrogen-bond donors (Lipinski definition) is 0. The molecule has 0 fully saturated rings. The van der Waals surface area contributed by atoms with Gasteiger partial charge in [-0.05, 0) is 253 Å². The third kappa shape index (κ3) is 10.5. The summed E-state index contributed by atoms with van der Waals surface area (Å²) < 4.78 is 26.2. The number of imidazole rings is 3. The number of benzene rings is 20. The van der Waals surface area contributed by atoms with Crippen LogP contribution in [0.3, 0.4) is 0 Å². The summed E-state index contributed by atoms with van der Waals surface area (Å²) in [5.74, 6) is 7.94. The molecule has 23 aromatic rings. The summed E-state index contributed by atoms with van der Waals surface area (Å²) in [5, 5.41) is 19.9. The van der Waals surface area contributed by atoms with Gasteiger partial charge in [0.25, 0.3) is 0 Å². The van der Waals surface area contributed by atoms with Crippen LogP contribution in [0.1, 0.15) is 17.5 Å². The van der Waals surface area contributed by atoms with Crippen molar-refractivity contribution in [2.24, 2.45) is 0 Å². The predicted octanol–water partition coefficient (Wildman–Crippen LogP) is 29.5. The Morgan fingerprint density at radius 3 is 0.840 bits per heavy atom. The van der Waals surface area contributed by atoms with E-state index < -0.39 is 0 Å². The van der Waals surface area contributed by atoms with E-state index in [1.807, 2.05) is 54.6 Å². The van der Waals surface area contributed by atoms with Crippen molar-refractivity contribution in [1.29, 1.82) is 0 Å². The van der Waals surface area contributed by atoms with Crippen LogP contribution in [-0.2, 0) is 0 Å². The Kier molecular flexibility index (Phi) is 15.2. The molecule has 3 aliphatic heterocycles. The highest BCUT2D eigenvalue weighted by Crippen LogP contribution is 2.53. The van der Waals surface area contributed by atoms with Gasteiger partial charge in [-0.1, -0.05) is 291 Å². The molecule has 0 aliphatic carbocycles. The first kappa shape index (κ1) is 67.8. The summed E-state index contributed by atoms with van der Waals surface area (Å²) in [6.07, 6.45) is 0. The maximum absolute atomic E-state index is 6.53. The number of rotatable bonds is 6. The zero-order valence-corrected chi connectivity index (χ0v) is 65.1. The van der Waals surface area contributed by atoms with E-state index >= 15 is 0 Å². The molecule has 0 spiro atoms. The van der Waals surface area contributed by atoms with Crippen LogP contribution in [0, 0.1) is 20.8 Å². The van der Waals surface area contributed by atoms with Gasteiger partial charge in [0.1, 0.15) is 34.0 Å². The van der Waals surface area contributed by atoms with Crippen LogP contribution < -0.4 is 14.2 Å². The quantitative estimate of drug-likeness (QED) is 0.154. The summed E-state index contributed by atoms with van der Waals surface area (Å²) in [7, 11) is 0. The van der Waals surface area contributed by atoms with Gasteiger partial charge in [-0.15, -0.1) is 0 Å². The number of hydrogen-bond acceptors (Lipinski definition) is 6. The lowest BCUT2D eigenvalue weighted by atomic mass is 9.84. The van der Waals surface area contributed by atoms with Crippen molar-refractivity contribution in [3.8, 4) is 118 Å². The second-order valence-electron chi connectivity index (χ2n) is 31.2. The molecule has 558 valence electrons. The minimum absolute atomic E-state index is 0.841. The van der Waals surface area contributed by atoms with E-state index in [9.17, 15) is 0 Å². The van der Waals surface area contributed by atoms with Gasteiger partial charge in [-0.3, -0.25) is 13.7 Å². The molecule has 20 aromatic carbocycles. The second-order valence-corrected chi connectivity index (χ2v) is 31.2. The van der Waals surface area contributed by atoms with Crippen LogP contribution in [0.25, 0.3) is 203 Å². The summed E-state index contributed by atoms with van der Waals surface area (Å²) in [6.45, 7) is 6.16. The van der Waals surface area contributed by atoms with E-state index in [4.69, 9.17) is 29.2 Å². The third-order valence-electron chi connectivity index (χ3n) is 24.5. The van der Waals surface area contributed by atoms with E-state index in [-0.39, 0.29) is 0 Å². The van der Waals surface area contributed by atoms with E-state index in [2.05, 4.69) is 350 Å². The SMILES string of the molecule is Cc1nc2cccc3c2n1-c1ccc(-c2c4ccccc4c(-c4ccc5ccccc5c4)c4ccccc24)cc1O3.Cc1nc2cccc3c2n1-c1ccc(-c2c4ccccc4c(-c4cccc5ccccc45)c4ccccc24)cc1O3.Cc1nc2cccc3c2n1-c1ccc(-c2c4ccccc4c(-c4ccccc4)c4ccccc24)cc1O3. The highest BCUT2D eigenvalue weighted by Gasteiger charge is 2.30. The molecule has 0 amide bonds. The third-order valence-corrected chi connectivity index (χ3v) is 24.5. The van der Waals surface area contributed by atoms with Crippen molar-refractivity contribution < 1.29 is 14.2 Å². The molecule has 9 heteroatoms. The molecule has 0 N–H and O–H groups in total. The average Bonchev–Trinajstić information content (AvgIpc) is 1.52. The summed E-state index contributed by atoms with van der Waals surface area (Å²) in [6, 6.07) is 132. The average molecular weight is 1520 g/mol. The van der Waals surface area contributed by atoms with Crippen molar-refractivity contribution in [3.63, 3.8) is 0 Å². The van der Waals surface area contributed by atoms with Gasteiger partial charge < -0.3 is 14.2 Å². The van der Waals surface area contributed by atoms with Crippen LogP contribution in [0.2, 0.25) is 0 Å². The van der Waals surface area contributed by atoms with Gasteiger partial charge in [-0.25, -0.2) is 15.0 Å². The fourth-order valence-electron chi connectivity index (χ4n) is 19.6. The first-order valence-electron chi connectivity index (χ1n) is 40.5. The number of aromatic nitrogens is 6. The lowest BCUT2D eigenvalue weighted by Gasteiger charge is -2.22. The Morgan fingerprint density at radius 1 is 0.193 bits per heavy atom. The minimum atomic E-state index is 0.841. The highest BCUT2D eigenvalue weighted by molar-refractivity contribution is 6.26. The number of para-hydroxylation sites is 3. The summed E-state index contributed by atoms with van der Waals surface area (Å²) >= 11 is 0. The largest absolute Gasteiger partial charge is 0.453 e. The molecule has 0 atom stereocenters. The Labute approximate surface area is 684 Å². The maximum Gasteiger partial charge on any atom is 0.153 e. The summed E-state index contributed by atoms with van der Waals surface area (Å²) in [4.78, 5) is 14.3. The first-order valence-corrected chi connectivity index (χ1v) is 40.5. The van der Waals surface area contributed by atoms with E-state index in [1.165, 1.54) is 136 Å². The van der Waals surface area contributed by atoms with Gasteiger partial charge in [-0.2, -0.15) is 0 Å². The highest BCUT2D eigenvalue weighted by atomic mass is 16.5. The van der Waals surface area contributed by atoms with E-state index in [1.54, 1.807) is 0 Å². The van der Waals surface area contributed by atoms with Crippen LogP contribution in [0.5, 0.6) is 34.5 Å². The van der Waals surface area contributed by atoms with Crippen LogP contribution in [0.4, 0.5) is 0 Å². The van der Waals surface area contributed by atoms with Gasteiger partial charge in [0.15, 0.2) is 34.5 Å². The fourth-order valence-corrected chi connectivity index (χ4v) is 19.6. The Balaban J connectivity index is 0.000000102. The first-order chi connectivity index (χ1) is 58.8. The van der Waals surface area contributed by atoms with E-state index in [0.29, 0.717) is 0 Å². The van der Waals surface area contributed by atoms with Gasteiger partial charge >= 0.3 is 0 Å². The molecular weight excluding hydrogens is 1450 g/mol. The molecule has 119 heavy (non-hydrogen) atoms. The standard InChI is InChI=1S/2C38H24N2O.C34H22N2O/c1-23-39-32-18-9-19-34-38(32)40(23)33-21-20-25(22-35(33)41-34)36-28-13-4-6-15-30(28)37(31-16-7-5-14-29(31)36)27-17-8-11-24-10-2-3-12-26(24)27;1-23-39-32-15-8-16-34-38(32)40(23)33-20-19-27(22-35(33)41-34)37-30-13-6-4-11-28(30)36(29-12-5-7-14-31(29)37)26-18-17-24-9-2-3-10-25(24)21-26;1-21-35-28-16-9-17-30-34(28)36(21)29-19-18-23(20-31(29)37-30)33-26-14-7-5-12-24(26)32(22-10-3-2-4-11-22)25-13-6-8-15-27(25)33/h2*2-22H,1H3;2-20H,1H3. The molecule has 0 unspecified atom stereocenters. The molecule has 0 radical (unpaired) electrons.